The number of amides is 1. The second-order valence-electron chi connectivity index (χ2n) is 4.14. The molecule has 1 aromatic rings. The number of nitrogens with two attached hydrogens (primary N) is 1. The van der Waals surface area contributed by atoms with Crippen molar-refractivity contribution >= 4 is 29.3 Å². The van der Waals surface area contributed by atoms with Crippen LogP contribution < -0.4 is 21.5 Å². The lowest BCUT2D eigenvalue weighted by Gasteiger charge is -2.35. The molecule has 2 heterocycles. The minimum atomic E-state index is -0.399. The first-order valence-corrected chi connectivity index (χ1v) is 7.37. The average Bonchev–Trinajstić information content (AvgIpc) is 2.53. The molecular formula is C11H18N6O2S. The van der Waals surface area contributed by atoms with Gasteiger partial charge in [-0.3, -0.25) is 4.79 Å². The van der Waals surface area contributed by atoms with E-state index in [1.165, 1.54) is 11.8 Å². The molecule has 0 bridgehead atoms. The number of carbonyl (C=O) groups is 1. The summed E-state index contributed by atoms with van der Waals surface area (Å²) < 4.78 is 5.38. The Bertz CT molecular complexity index is 464. The lowest BCUT2D eigenvalue weighted by atomic mass is 10.2. The molecule has 1 aromatic heterocycles. The number of hydrogen-bond donors (Lipinski definition) is 3. The highest BCUT2D eigenvalue weighted by atomic mass is 32.2. The fraction of sp³-hybridized carbons (Fsp3) is 0.545. The number of morpholine rings is 1. The fourth-order valence-electron chi connectivity index (χ4n) is 1.99. The van der Waals surface area contributed by atoms with Crippen molar-refractivity contribution in [3.8, 4) is 0 Å². The van der Waals surface area contributed by atoms with E-state index >= 15 is 0 Å². The first-order valence-electron chi connectivity index (χ1n) is 6.15. The fourth-order valence-corrected chi connectivity index (χ4v) is 2.36. The summed E-state index contributed by atoms with van der Waals surface area (Å²) in [7, 11) is 1.61. The highest BCUT2D eigenvalue weighted by molar-refractivity contribution is 7.98. The summed E-state index contributed by atoms with van der Waals surface area (Å²) in [5.41, 5.74) is 2.52. The Labute approximate surface area is 121 Å². The van der Waals surface area contributed by atoms with Crippen molar-refractivity contribution in [3.05, 3.63) is 6.07 Å². The molecule has 4 N–H and O–H groups in total. The number of rotatable bonds is 4. The summed E-state index contributed by atoms with van der Waals surface area (Å²) >= 11 is 1.42. The Morgan fingerprint density at radius 3 is 3.05 bits per heavy atom. The van der Waals surface area contributed by atoms with Gasteiger partial charge in [-0.1, -0.05) is 11.8 Å². The third kappa shape index (κ3) is 3.11. The molecule has 2 rings (SSSR count). The zero-order chi connectivity index (χ0) is 14.5. The monoisotopic (exact) mass is 298 g/mol. The molecule has 9 heteroatoms. The number of anilines is 2. The van der Waals surface area contributed by atoms with Gasteiger partial charge in [0.2, 0.25) is 5.91 Å². The topological polar surface area (TPSA) is 105 Å². The molecular weight excluding hydrogens is 280 g/mol. The molecule has 1 saturated heterocycles. The van der Waals surface area contributed by atoms with Crippen LogP contribution >= 0.6 is 11.8 Å². The van der Waals surface area contributed by atoms with Crippen LogP contribution in [0.4, 0.5) is 11.6 Å². The van der Waals surface area contributed by atoms with E-state index in [-0.39, 0.29) is 5.91 Å². The Morgan fingerprint density at radius 1 is 1.60 bits per heavy atom. The number of nitrogens with zero attached hydrogens (tertiary/aromatic N) is 3. The van der Waals surface area contributed by atoms with Gasteiger partial charge in [-0.2, -0.15) is 0 Å². The minimum absolute atomic E-state index is 0.101. The van der Waals surface area contributed by atoms with Crippen LogP contribution in [0.15, 0.2) is 11.2 Å². The van der Waals surface area contributed by atoms with E-state index in [1.54, 1.807) is 13.1 Å². The Morgan fingerprint density at radius 2 is 2.40 bits per heavy atom. The summed E-state index contributed by atoms with van der Waals surface area (Å²) in [5, 5.41) is 3.24. The van der Waals surface area contributed by atoms with Gasteiger partial charge in [0.15, 0.2) is 5.16 Å². The molecule has 0 aliphatic carbocycles. The maximum absolute atomic E-state index is 11.9. The zero-order valence-electron chi connectivity index (χ0n) is 11.4. The van der Waals surface area contributed by atoms with E-state index in [2.05, 4.69) is 20.7 Å². The lowest BCUT2D eigenvalue weighted by molar-refractivity contribution is -0.124. The molecule has 1 aliphatic rings. The van der Waals surface area contributed by atoms with Crippen molar-refractivity contribution in [1.29, 1.82) is 0 Å². The van der Waals surface area contributed by atoms with Gasteiger partial charge in [-0.05, 0) is 6.26 Å². The second kappa shape index (κ2) is 6.73. The normalized spacial score (nSPS) is 18.8. The molecule has 0 spiro atoms. The number of likely N-dealkylation sites (N-methyl/N-ethyl adjacent to an activating group) is 1. The third-order valence-corrected chi connectivity index (χ3v) is 3.54. The van der Waals surface area contributed by atoms with Crippen LogP contribution in [0.5, 0.6) is 0 Å². The van der Waals surface area contributed by atoms with E-state index in [1.807, 2.05) is 11.2 Å². The molecule has 1 aliphatic heterocycles. The summed E-state index contributed by atoms with van der Waals surface area (Å²) in [4.78, 5) is 22.5. The average molecular weight is 298 g/mol. The molecule has 20 heavy (non-hydrogen) atoms. The summed E-state index contributed by atoms with van der Waals surface area (Å²) in [5.74, 6) is 6.50. The predicted molar refractivity (Wildman–Crippen MR) is 77.6 cm³/mol. The number of ether oxygens (including phenoxy) is 1. The number of thioether (sulfide) groups is 1. The van der Waals surface area contributed by atoms with Gasteiger partial charge in [0.05, 0.1) is 13.2 Å². The summed E-state index contributed by atoms with van der Waals surface area (Å²) in [6, 6.07) is 1.32. The van der Waals surface area contributed by atoms with Gasteiger partial charge >= 0.3 is 0 Å². The van der Waals surface area contributed by atoms with E-state index < -0.39 is 6.04 Å². The standard InChI is InChI=1S/C11H18N6O2S/c1-13-10(18)7-6-19-4-3-17(7)9-5-8(16-12)14-11(15-9)20-2/h5,7H,3-4,6,12H2,1-2H3,(H,13,18)(H,14,15,16). The quantitative estimate of drug-likeness (QED) is 0.294. The number of nitrogen functional groups attached to an aromatic ring is 1. The van der Waals surface area contributed by atoms with E-state index in [9.17, 15) is 4.79 Å². The smallest absolute Gasteiger partial charge is 0.244 e. The van der Waals surface area contributed by atoms with Gasteiger partial charge in [0, 0.05) is 19.7 Å². The molecule has 1 fully saturated rings. The summed E-state index contributed by atoms with van der Waals surface area (Å²) in [6.45, 7) is 1.48. The highest BCUT2D eigenvalue weighted by Gasteiger charge is 2.30. The maximum Gasteiger partial charge on any atom is 0.244 e. The number of nitrogens with one attached hydrogen (secondary N) is 2. The van der Waals surface area contributed by atoms with Crippen molar-refractivity contribution in [3.63, 3.8) is 0 Å². The van der Waals surface area contributed by atoms with E-state index in [4.69, 9.17) is 10.6 Å². The Hall–Kier alpha value is -1.58. The molecule has 0 aromatic carbocycles. The Balaban J connectivity index is 2.33. The van der Waals surface area contributed by atoms with Crippen molar-refractivity contribution < 1.29 is 9.53 Å². The molecule has 0 saturated carbocycles. The third-order valence-electron chi connectivity index (χ3n) is 2.99. The first-order chi connectivity index (χ1) is 9.69. The van der Waals surface area contributed by atoms with Gasteiger partial charge in [0.25, 0.3) is 0 Å². The van der Waals surface area contributed by atoms with Crippen LogP contribution in [0, 0.1) is 0 Å². The number of aromatic nitrogens is 2. The van der Waals surface area contributed by atoms with Crippen LogP contribution in [0.3, 0.4) is 0 Å². The minimum Gasteiger partial charge on any atom is -0.377 e. The molecule has 8 nitrogen and oxygen atoms in total. The van der Waals surface area contributed by atoms with E-state index in [0.29, 0.717) is 36.6 Å². The van der Waals surface area contributed by atoms with Crippen molar-refractivity contribution in [2.45, 2.75) is 11.2 Å². The van der Waals surface area contributed by atoms with E-state index in [0.717, 1.165) is 0 Å². The van der Waals surface area contributed by atoms with Gasteiger partial charge < -0.3 is 20.4 Å². The van der Waals surface area contributed by atoms with Crippen molar-refractivity contribution in [2.24, 2.45) is 5.84 Å². The van der Waals surface area contributed by atoms with Gasteiger partial charge in [-0.15, -0.1) is 0 Å². The largest absolute Gasteiger partial charge is 0.377 e. The molecule has 0 radical (unpaired) electrons. The Kier molecular flexibility index (Phi) is 4.99. The lowest BCUT2D eigenvalue weighted by Crippen LogP contribution is -2.53. The van der Waals surface area contributed by atoms with Gasteiger partial charge in [-0.25, -0.2) is 15.8 Å². The van der Waals surface area contributed by atoms with Crippen LogP contribution in [0.25, 0.3) is 0 Å². The number of hydrogen-bond acceptors (Lipinski definition) is 8. The maximum atomic E-state index is 11.9. The predicted octanol–water partition coefficient (Wildman–Crippen LogP) is -0.565. The zero-order valence-corrected chi connectivity index (χ0v) is 12.2. The van der Waals surface area contributed by atoms with Crippen LogP contribution in [-0.2, 0) is 9.53 Å². The molecule has 1 unspecified atom stereocenters. The van der Waals surface area contributed by atoms with Crippen LogP contribution in [0.2, 0.25) is 0 Å². The van der Waals surface area contributed by atoms with Gasteiger partial charge in [0.1, 0.15) is 17.7 Å². The van der Waals surface area contributed by atoms with Crippen molar-refractivity contribution in [2.75, 3.05) is 43.4 Å². The molecule has 1 amide bonds. The van der Waals surface area contributed by atoms with Crippen molar-refractivity contribution in [1.82, 2.24) is 15.3 Å². The molecule has 110 valence electrons. The number of carbonyl (C=O) groups excluding carboxylic acids is 1. The summed E-state index contributed by atoms with van der Waals surface area (Å²) in [6.07, 6.45) is 1.88. The van der Waals surface area contributed by atoms with Crippen LogP contribution in [0.1, 0.15) is 0 Å². The second-order valence-corrected chi connectivity index (χ2v) is 4.91. The molecule has 1 atom stereocenters. The van der Waals surface area contributed by atoms with Crippen LogP contribution in [-0.4, -0.2) is 55.0 Å². The first kappa shape index (κ1) is 14.8. The SMILES string of the molecule is CNC(=O)C1COCCN1c1cc(NN)nc(SC)n1. The highest BCUT2D eigenvalue weighted by Crippen LogP contribution is 2.23. The number of hydrazine groups is 1.